The van der Waals surface area contributed by atoms with Crippen LogP contribution in [0.1, 0.15) is 5.82 Å². The van der Waals surface area contributed by atoms with Crippen molar-refractivity contribution in [3.8, 4) is 0 Å². The minimum atomic E-state index is -4.07. The van der Waals surface area contributed by atoms with Crippen molar-refractivity contribution in [2.45, 2.75) is 11.9 Å². The van der Waals surface area contributed by atoms with Crippen molar-refractivity contribution in [1.82, 2.24) is 9.97 Å². The molecule has 9 heteroatoms. The number of sulfonamides is 1. The first-order chi connectivity index (χ1) is 9.80. The Labute approximate surface area is 126 Å². The summed E-state index contributed by atoms with van der Waals surface area (Å²) in [6.45, 7) is 0.876. The zero-order valence-electron chi connectivity index (χ0n) is 10.9. The van der Waals surface area contributed by atoms with Crippen molar-refractivity contribution in [3.05, 3.63) is 41.3 Å². The standard InChI is InChI=1S/C12H12ClN3O4S/c1-8-14-6-11(15-8)21(19,20)16(7-12(17)18)10-4-2-3-9(13)5-10/h2-6H,7H2,1H3,(H,14,15)(H,17,18). The zero-order chi connectivity index (χ0) is 15.6. The molecule has 1 aromatic heterocycles. The smallest absolute Gasteiger partial charge is 0.324 e. The predicted molar refractivity (Wildman–Crippen MR) is 76.9 cm³/mol. The highest BCUT2D eigenvalue weighted by atomic mass is 35.5. The van der Waals surface area contributed by atoms with Crippen LogP contribution in [0.15, 0.2) is 35.5 Å². The van der Waals surface area contributed by atoms with E-state index < -0.39 is 22.5 Å². The van der Waals surface area contributed by atoms with Crippen LogP contribution in [0, 0.1) is 6.92 Å². The third kappa shape index (κ3) is 3.34. The fourth-order valence-electron chi connectivity index (χ4n) is 1.72. The number of carbonyl (C=O) groups is 1. The molecule has 0 unspecified atom stereocenters. The Morgan fingerprint density at radius 3 is 2.71 bits per heavy atom. The Kier molecular flexibility index (Phi) is 4.19. The first kappa shape index (κ1) is 15.3. The van der Waals surface area contributed by atoms with E-state index in [1.165, 1.54) is 12.1 Å². The first-order valence-corrected chi connectivity index (χ1v) is 7.64. The maximum absolute atomic E-state index is 12.5. The molecule has 0 bridgehead atoms. The summed E-state index contributed by atoms with van der Waals surface area (Å²) in [5, 5.41) is 9.09. The molecule has 2 rings (SSSR count). The van der Waals surface area contributed by atoms with Gasteiger partial charge in [0.05, 0.1) is 11.9 Å². The van der Waals surface area contributed by atoms with Gasteiger partial charge in [-0.05, 0) is 25.1 Å². The number of rotatable bonds is 5. The number of carboxylic acids is 1. The first-order valence-electron chi connectivity index (χ1n) is 5.82. The van der Waals surface area contributed by atoms with E-state index in [0.717, 1.165) is 10.5 Å². The number of benzene rings is 1. The molecule has 0 spiro atoms. The molecule has 21 heavy (non-hydrogen) atoms. The number of anilines is 1. The number of hydrogen-bond acceptors (Lipinski definition) is 4. The van der Waals surface area contributed by atoms with E-state index in [-0.39, 0.29) is 10.7 Å². The van der Waals surface area contributed by atoms with Gasteiger partial charge >= 0.3 is 5.97 Å². The highest BCUT2D eigenvalue weighted by Gasteiger charge is 2.28. The average molecular weight is 330 g/mol. The molecule has 0 fully saturated rings. The van der Waals surface area contributed by atoms with E-state index >= 15 is 0 Å². The summed E-state index contributed by atoms with van der Waals surface area (Å²) in [7, 11) is -4.07. The second-order valence-corrected chi connectivity index (χ2v) is 6.49. The number of halogens is 1. The van der Waals surface area contributed by atoms with Gasteiger partial charge in [-0.3, -0.25) is 9.10 Å². The maximum Gasteiger partial charge on any atom is 0.324 e. The highest BCUT2D eigenvalue weighted by molar-refractivity contribution is 7.92. The topological polar surface area (TPSA) is 103 Å². The Balaban J connectivity index is 2.52. The summed E-state index contributed by atoms with van der Waals surface area (Å²) in [4.78, 5) is 17.4. The SMILES string of the molecule is Cc1ncc(S(=O)(=O)N(CC(=O)O)c2cccc(Cl)c2)[nH]1. The van der Waals surface area contributed by atoms with Gasteiger partial charge < -0.3 is 10.1 Å². The highest BCUT2D eigenvalue weighted by Crippen LogP contribution is 2.25. The molecule has 2 aromatic rings. The summed E-state index contributed by atoms with van der Waals surface area (Å²) in [5.41, 5.74) is 0.164. The Hall–Kier alpha value is -2.06. The molecular formula is C12H12ClN3O4S. The van der Waals surface area contributed by atoms with Crippen LogP contribution < -0.4 is 4.31 Å². The number of nitrogens with zero attached hydrogens (tertiary/aromatic N) is 2. The molecular weight excluding hydrogens is 318 g/mol. The van der Waals surface area contributed by atoms with Crippen LogP contribution in [0.2, 0.25) is 5.02 Å². The van der Waals surface area contributed by atoms with Gasteiger partial charge in [-0.1, -0.05) is 17.7 Å². The lowest BCUT2D eigenvalue weighted by molar-refractivity contribution is -0.135. The number of aromatic nitrogens is 2. The van der Waals surface area contributed by atoms with E-state index in [0.29, 0.717) is 10.8 Å². The number of H-pyrrole nitrogens is 1. The molecule has 0 radical (unpaired) electrons. The van der Waals surface area contributed by atoms with E-state index in [1.807, 2.05) is 0 Å². The Morgan fingerprint density at radius 1 is 1.48 bits per heavy atom. The largest absolute Gasteiger partial charge is 0.480 e. The van der Waals surface area contributed by atoms with E-state index in [4.69, 9.17) is 16.7 Å². The molecule has 7 nitrogen and oxygen atoms in total. The summed E-state index contributed by atoms with van der Waals surface area (Å²) in [5.74, 6) is -0.871. The fraction of sp³-hybridized carbons (Fsp3) is 0.167. The maximum atomic E-state index is 12.5. The lowest BCUT2D eigenvalue weighted by Crippen LogP contribution is -2.36. The van der Waals surface area contributed by atoms with Crippen LogP contribution in [-0.2, 0) is 14.8 Å². The van der Waals surface area contributed by atoms with Gasteiger partial charge in [0.15, 0.2) is 5.03 Å². The van der Waals surface area contributed by atoms with Crippen molar-refractivity contribution in [1.29, 1.82) is 0 Å². The number of aromatic amines is 1. The molecule has 112 valence electrons. The summed E-state index contributed by atoms with van der Waals surface area (Å²) in [6, 6.07) is 5.96. The molecule has 0 atom stereocenters. The molecule has 2 N–H and O–H groups in total. The Morgan fingerprint density at radius 2 is 2.19 bits per heavy atom. The number of carboxylic acid groups (broad SMARTS) is 1. The lowest BCUT2D eigenvalue weighted by atomic mass is 10.3. The summed E-state index contributed by atoms with van der Waals surface area (Å²) >= 11 is 5.84. The van der Waals surface area contributed by atoms with E-state index in [2.05, 4.69) is 9.97 Å². The van der Waals surface area contributed by atoms with Gasteiger partial charge in [0.1, 0.15) is 12.4 Å². The van der Waals surface area contributed by atoms with Gasteiger partial charge in [-0.2, -0.15) is 8.42 Å². The molecule has 0 amide bonds. The van der Waals surface area contributed by atoms with Gasteiger partial charge in [-0.25, -0.2) is 4.98 Å². The fourth-order valence-corrected chi connectivity index (χ4v) is 3.27. The second-order valence-electron chi connectivity index (χ2n) is 4.22. The van der Waals surface area contributed by atoms with Gasteiger partial charge in [-0.15, -0.1) is 0 Å². The third-order valence-corrected chi connectivity index (χ3v) is 4.54. The number of hydrogen-bond donors (Lipinski definition) is 2. The average Bonchev–Trinajstić information content (AvgIpc) is 2.83. The van der Waals surface area contributed by atoms with E-state index in [9.17, 15) is 13.2 Å². The normalized spacial score (nSPS) is 11.3. The van der Waals surface area contributed by atoms with Gasteiger partial charge in [0, 0.05) is 5.02 Å². The molecule has 1 heterocycles. The number of imidazole rings is 1. The van der Waals surface area contributed by atoms with Crippen molar-refractivity contribution in [2.24, 2.45) is 0 Å². The molecule has 0 saturated heterocycles. The number of nitrogens with one attached hydrogen (secondary N) is 1. The minimum Gasteiger partial charge on any atom is -0.480 e. The van der Waals surface area contributed by atoms with Crippen molar-refractivity contribution in [2.75, 3.05) is 10.8 Å². The van der Waals surface area contributed by atoms with E-state index in [1.54, 1.807) is 19.1 Å². The quantitative estimate of drug-likeness (QED) is 0.868. The van der Waals surface area contributed by atoms with Gasteiger partial charge in [0.25, 0.3) is 10.0 Å². The van der Waals surface area contributed by atoms with Crippen LogP contribution in [0.3, 0.4) is 0 Å². The molecule has 1 aromatic carbocycles. The van der Waals surface area contributed by atoms with Crippen LogP contribution in [0.5, 0.6) is 0 Å². The number of aliphatic carboxylic acids is 1. The van der Waals surface area contributed by atoms with Crippen LogP contribution in [0.4, 0.5) is 5.69 Å². The Bertz CT molecular complexity index is 772. The molecule has 0 aliphatic heterocycles. The molecule has 0 aliphatic rings. The summed E-state index contributed by atoms with van der Waals surface area (Å²) in [6.07, 6.45) is 1.14. The monoisotopic (exact) mass is 329 g/mol. The molecule has 0 saturated carbocycles. The van der Waals surface area contributed by atoms with Crippen molar-refractivity contribution >= 4 is 33.3 Å². The van der Waals surface area contributed by atoms with Crippen LogP contribution in [-0.4, -0.2) is 36.0 Å². The third-order valence-electron chi connectivity index (χ3n) is 2.62. The van der Waals surface area contributed by atoms with Gasteiger partial charge in [0.2, 0.25) is 0 Å². The summed E-state index contributed by atoms with van der Waals surface area (Å²) < 4.78 is 25.8. The lowest BCUT2D eigenvalue weighted by Gasteiger charge is -2.21. The minimum absolute atomic E-state index is 0.164. The zero-order valence-corrected chi connectivity index (χ0v) is 12.5. The van der Waals surface area contributed by atoms with Crippen LogP contribution >= 0.6 is 11.6 Å². The number of aryl methyl sites for hydroxylation is 1. The predicted octanol–water partition coefficient (Wildman–Crippen LogP) is 1.65. The van der Waals surface area contributed by atoms with Crippen LogP contribution in [0.25, 0.3) is 0 Å². The van der Waals surface area contributed by atoms with Crippen molar-refractivity contribution in [3.63, 3.8) is 0 Å². The van der Waals surface area contributed by atoms with Crippen molar-refractivity contribution < 1.29 is 18.3 Å². The molecule has 0 aliphatic carbocycles. The second kappa shape index (κ2) is 5.74.